The highest BCUT2D eigenvalue weighted by molar-refractivity contribution is 6.59. The fourth-order valence-corrected chi connectivity index (χ4v) is 3.24. The fourth-order valence-electron chi connectivity index (χ4n) is 1.97. The molecular weight excluding hydrogens is 263 g/mol. The van der Waals surface area contributed by atoms with E-state index in [9.17, 15) is 9.19 Å². The molecule has 3 nitrogen and oxygen atoms in total. The van der Waals surface area contributed by atoms with Crippen molar-refractivity contribution in [1.82, 2.24) is 0 Å². The summed E-state index contributed by atoms with van der Waals surface area (Å²) in [6.45, 7) is 0. The molecule has 0 radical (unpaired) electrons. The van der Waals surface area contributed by atoms with E-state index in [0.717, 1.165) is 32.1 Å². The van der Waals surface area contributed by atoms with Crippen LogP contribution in [-0.2, 0) is 15.3 Å². The lowest BCUT2D eigenvalue weighted by atomic mass is 10.1. The van der Waals surface area contributed by atoms with Crippen LogP contribution in [0.15, 0.2) is 24.3 Å². The third-order valence-corrected chi connectivity index (χ3v) is 5.52. The van der Waals surface area contributed by atoms with Crippen molar-refractivity contribution in [2.24, 2.45) is 0 Å². The lowest BCUT2D eigenvalue weighted by Crippen LogP contribution is -2.39. The van der Waals surface area contributed by atoms with Gasteiger partial charge < -0.3 is 13.6 Å². The number of rotatable bonds is 9. The van der Waals surface area contributed by atoms with E-state index in [1.54, 1.807) is 0 Å². The minimum Gasteiger partial charge on any atom is -0.390 e. The Morgan fingerprint density at radius 3 is 2.16 bits per heavy atom. The van der Waals surface area contributed by atoms with Crippen molar-refractivity contribution in [2.75, 3.05) is 14.2 Å². The van der Waals surface area contributed by atoms with Crippen LogP contribution in [0.4, 0.5) is 4.39 Å². The largest absolute Gasteiger partial charge is 0.497 e. The van der Waals surface area contributed by atoms with Gasteiger partial charge in [-0.2, -0.15) is 0 Å². The van der Waals surface area contributed by atoms with Crippen molar-refractivity contribution in [1.29, 1.82) is 0 Å². The number of halogens is 1. The Kier molecular flexibility index (Phi) is 7.23. The van der Waals surface area contributed by atoms with Gasteiger partial charge in [-0.3, -0.25) is 0 Å². The Bertz CT molecular complexity index is 352. The van der Waals surface area contributed by atoms with E-state index in [0.29, 0.717) is 6.04 Å². The molecule has 19 heavy (non-hydrogen) atoms. The topological polar surface area (TPSA) is 38.7 Å². The van der Waals surface area contributed by atoms with Crippen LogP contribution in [0.25, 0.3) is 0 Å². The molecule has 0 unspecified atom stereocenters. The van der Waals surface area contributed by atoms with Crippen molar-refractivity contribution in [3.63, 3.8) is 0 Å². The molecule has 1 aromatic carbocycles. The predicted octanol–water partition coefficient (Wildman–Crippen LogP) is 3.15. The standard InChI is InChI=1S/C14H23FO3Si/c1-17-19(16,18-2)12-6-4-3-5-7-13-8-10-14(15)11-9-13/h8-11,16H,3-7,12H2,1-2H3. The van der Waals surface area contributed by atoms with E-state index in [4.69, 9.17) is 8.85 Å². The van der Waals surface area contributed by atoms with Crippen molar-refractivity contribution in [3.8, 4) is 0 Å². The minimum atomic E-state index is -2.87. The van der Waals surface area contributed by atoms with E-state index in [1.165, 1.54) is 31.9 Å². The molecule has 0 saturated heterocycles. The molecule has 0 spiro atoms. The van der Waals surface area contributed by atoms with E-state index in [1.807, 2.05) is 12.1 Å². The summed E-state index contributed by atoms with van der Waals surface area (Å²) in [5.41, 5.74) is 1.17. The summed E-state index contributed by atoms with van der Waals surface area (Å²) >= 11 is 0. The first-order valence-electron chi connectivity index (χ1n) is 6.67. The summed E-state index contributed by atoms with van der Waals surface area (Å²) in [6.07, 6.45) is 5.09. The zero-order valence-electron chi connectivity index (χ0n) is 11.7. The second-order valence-electron chi connectivity index (χ2n) is 4.66. The summed E-state index contributed by atoms with van der Waals surface area (Å²) in [6, 6.07) is 7.26. The van der Waals surface area contributed by atoms with E-state index in [2.05, 4.69) is 0 Å². The molecule has 0 atom stereocenters. The van der Waals surface area contributed by atoms with Gasteiger partial charge in [-0.1, -0.05) is 25.0 Å². The lowest BCUT2D eigenvalue weighted by molar-refractivity contribution is 0.150. The van der Waals surface area contributed by atoms with Crippen LogP contribution in [0.5, 0.6) is 0 Å². The SMILES string of the molecule is CO[Si](O)(CCCCCCc1ccc(F)cc1)OC. The van der Waals surface area contributed by atoms with Gasteiger partial charge in [0.2, 0.25) is 0 Å². The normalized spacial score (nSPS) is 11.8. The van der Waals surface area contributed by atoms with Crippen LogP contribution in [0.2, 0.25) is 6.04 Å². The maximum absolute atomic E-state index is 12.7. The molecule has 1 N–H and O–H groups in total. The Balaban J connectivity index is 2.10. The second kappa shape index (κ2) is 8.42. The molecule has 108 valence electrons. The average molecular weight is 286 g/mol. The van der Waals surface area contributed by atoms with Gasteiger partial charge in [0.1, 0.15) is 5.82 Å². The number of hydrogen-bond donors (Lipinski definition) is 1. The van der Waals surface area contributed by atoms with Crippen LogP contribution in [-0.4, -0.2) is 27.8 Å². The van der Waals surface area contributed by atoms with Crippen molar-refractivity contribution < 1.29 is 18.0 Å². The Hall–Kier alpha value is -0.753. The third-order valence-electron chi connectivity index (χ3n) is 3.26. The zero-order valence-corrected chi connectivity index (χ0v) is 12.7. The predicted molar refractivity (Wildman–Crippen MR) is 75.4 cm³/mol. The molecule has 0 bridgehead atoms. The van der Waals surface area contributed by atoms with Crippen LogP contribution in [0.3, 0.4) is 0 Å². The van der Waals surface area contributed by atoms with E-state index in [-0.39, 0.29) is 5.82 Å². The first-order chi connectivity index (χ1) is 9.09. The van der Waals surface area contributed by atoms with Gasteiger partial charge in [0.15, 0.2) is 0 Å². The monoisotopic (exact) mass is 286 g/mol. The minimum absolute atomic E-state index is 0.188. The Morgan fingerprint density at radius 2 is 1.58 bits per heavy atom. The fraction of sp³-hybridized carbons (Fsp3) is 0.571. The van der Waals surface area contributed by atoms with Gasteiger partial charge in [0, 0.05) is 20.3 Å². The highest BCUT2D eigenvalue weighted by Crippen LogP contribution is 2.15. The molecule has 5 heteroatoms. The molecule has 0 saturated carbocycles. The van der Waals surface area contributed by atoms with Gasteiger partial charge in [-0.15, -0.1) is 0 Å². The van der Waals surface area contributed by atoms with Crippen LogP contribution < -0.4 is 0 Å². The van der Waals surface area contributed by atoms with E-state index < -0.39 is 8.80 Å². The van der Waals surface area contributed by atoms with Gasteiger partial charge >= 0.3 is 8.80 Å². The molecule has 1 aromatic rings. The second-order valence-corrected chi connectivity index (χ2v) is 7.40. The molecule has 0 aliphatic carbocycles. The molecule has 0 aliphatic rings. The molecular formula is C14H23FO3Si. The van der Waals surface area contributed by atoms with E-state index >= 15 is 0 Å². The molecule has 0 fully saturated rings. The lowest BCUT2D eigenvalue weighted by Gasteiger charge is -2.19. The Labute approximate surface area is 115 Å². The third kappa shape index (κ3) is 6.29. The maximum atomic E-state index is 12.7. The number of unbranched alkanes of at least 4 members (excludes halogenated alkanes) is 3. The van der Waals surface area contributed by atoms with Gasteiger partial charge in [-0.05, 0) is 37.0 Å². The average Bonchev–Trinajstić information content (AvgIpc) is 2.44. The molecule has 1 rings (SSSR count). The number of benzene rings is 1. The number of aryl methyl sites for hydroxylation is 1. The van der Waals surface area contributed by atoms with Gasteiger partial charge in [0.05, 0.1) is 0 Å². The van der Waals surface area contributed by atoms with Gasteiger partial charge in [0.25, 0.3) is 0 Å². The van der Waals surface area contributed by atoms with Crippen molar-refractivity contribution in [2.45, 2.75) is 38.1 Å². The van der Waals surface area contributed by atoms with Crippen LogP contribution >= 0.6 is 0 Å². The molecule has 0 amide bonds. The first-order valence-corrected chi connectivity index (χ1v) is 8.64. The molecule has 0 heterocycles. The quantitative estimate of drug-likeness (QED) is 0.560. The smallest absolute Gasteiger partial charge is 0.390 e. The highest BCUT2D eigenvalue weighted by Gasteiger charge is 2.33. The van der Waals surface area contributed by atoms with Gasteiger partial charge in [-0.25, -0.2) is 4.39 Å². The first kappa shape index (κ1) is 16.3. The molecule has 0 aliphatic heterocycles. The molecule has 0 aromatic heterocycles. The number of hydrogen-bond acceptors (Lipinski definition) is 3. The Morgan fingerprint density at radius 1 is 1.00 bits per heavy atom. The summed E-state index contributed by atoms with van der Waals surface area (Å²) < 4.78 is 22.7. The zero-order chi connectivity index (χ0) is 14.1. The summed E-state index contributed by atoms with van der Waals surface area (Å²) in [5.74, 6) is -0.188. The van der Waals surface area contributed by atoms with Crippen LogP contribution in [0.1, 0.15) is 31.2 Å². The van der Waals surface area contributed by atoms with Crippen molar-refractivity contribution in [3.05, 3.63) is 35.6 Å². The van der Waals surface area contributed by atoms with Crippen molar-refractivity contribution >= 4 is 8.80 Å². The summed E-state index contributed by atoms with van der Waals surface area (Å²) in [4.78, 5) is 9.85. The summed E-state index contributed by atoms with van der Waals surface area (Å²) in [5, 5.41) is 0. The highest BCUT2D eigenvalue weighted by atomic mass is 28.4. The summed E-state index contributed by atoms with van der Waals surface area (Å²) in [7, 11) is 0.111. The maximum Gasteiger partial charge on any atom is 0.497 e. The van der Waals surface area contributed by atoms with Crippen LogP contribution in [0, 0.1) is 5.82 Å².